The normalized spacial score (nSPS) is 14.4. The molecule has 0 radical (unpaired) electrons. The van der Waals surface area contributed by atoms with Gasteiger partial charge in [-0.1, -0.05) is 0 Å². The maximum atomic E-state index is 11.9. The monoisotopic (exact) mass is 414 g/mol. The molecule has 0 bridgehead atoms. The fourth-order valence-electron chi connectivity index (χ4n) is 1.98. The molecule has 22 heavy (non-hydrogen) atoms. The highest BCUT2D eigenvalue weighted by Gasteiger charge is 2.15. The average Bonchev–Trinajstić information content (AvgIpc) is 2.42. The number of nitrogens with zero attached hydrogens (tertiary/aromatic N) is 2. The molecule has 7 nitrogen and oxygen atoms in total. The lowest BCUT2D eigenvalue weighted by Gasteiger charge is -2.26. The van der Waals surface area contributed by atoms with Crippen molar-refractivity contribution in [1.82, 2.24) is 10.2 Å². The fourth-order valence-corrected chi connectivity index (χ4v) is 2.45. The number of nitro groups is 1. The summed E-state index contributed by atoms with van der Waals surface area (Å²) in [6, 6.07) is 4.27. The fraction of sp³-hybridized carbons (Fsp3) is 0.417. The van der Waals surface area contributed by atoms with Crippen LogP contribution in [0.15, 0.2) is 22.7 Å². The molecule has 0 saturated carbocycles. The number of amides is 1. The number of nitrogens with one attached hydrogen (secondary N) is 2. The lowest BCUT2D eigenvalue weighted by Crippen LogP contribution is -2.46. The number of benzene rings is 1. The number of non-ortho nitro benzene ring substituents is 1. The number of hydrogen-bond acceptors (Lipinski definition) is 5. The molecule has 1 amide bonds. The first kappa shape index (κ1) is 21.1. The number of carbonyl (C=O) groups is 1. The van der Waals surface area contributed by atoms with E-state index >= 15 is 0 Å². The van der Waals surface area contributed by atoms with Crippen molar-refractivity contribution in [2.75, 3.05) is 38.0 Å². The zero-order valence-corrected chi connectivity index (χ0v) is 14.8. The van der Waals surface area contributed by atoms with Crippen LogP contribution in [-0.4, -0.2) is 48.5 Å². The Balaban J connectivity index is 0.00000220. The second-order valence-corrected chi connectivity index (χ2v) is 5.35. The van der Waals surface area contributed by atoms with Crippen molar-refractivity contribution < 1.29 is 9.72 Å². The maximum absolute atomic E-state index is 11.9. The van der Waals surface area contributed by atoms with Gasteiger partial charge in [0.15, 0.2) is 0 Å². The van der Waals surface area contributed by atoms with Gasteiger partial charge in [0.2, 0.25) is 5.91 Å². The number of nitro benzene ring substituents is 1. The minimum atomic E-state index is -0.475. The molecular formula is C12H17BrCl2N4O3. The van der Waals surface area contributed by atoms with Gasteiger partial charge in [-0.2, -0.15) is 0 Å². The Kier molecular flexibility index (Phi) is 9.54. The first-order valence-corrected chi connectivity index (χ1v) is 7.02. The molecule has 1 saturated heterocycles. The van der Waals surface area contributed by atoms with Crippen LogP contribution in [0.5, 0.6) is 0 Å². The van der Waals surface area contributed by atoms with Gasteiger partial charge in [0.1, 0.15) is 0 Å². The first-order valence-electron chi connectivity index (χ1n) is 6.23. The number of hydrogen-bond donors (Lipinski definition) is 2. The molecule has 1 aromatic rings. The number of halogens is 3. The van der Waals surface area contributed by atoms with Crippen molar-refractivity contribution in [1.29, 1.82) is 0 Å². The lowest BCUT2D eigenvalue weighted by molar-refractivity contribution is -0.384. The second-order valence-electron chi connectivity index (χ2n) is 4.50. The molecule has 124 valence electrons. The third-order valence-corrected chi connectivity index (χ3v) is 3.67. The Bertz CT molecular complexity index is 527. The molecule has 1 aromatic carbocycles. The topological polar surface area (TPSA) is 87.5 Å². The van der Waals surface area contributed by atoms with E-state index < -0.39 is 4.92 Å². The van der Waals surface area contributed by atoms with Crippen LogP contribution in [0.2, 0.25) is 0 Å². The molecule has 1 heterocycles. The van der Waals surface area contributed by atoms with E-state index in [0.717, 1.165) is 26.2 Å². The van der Waals surface area contributed by atoms with Gasteiger partial charge in [0.25, 0.3) is 5.69 Å². The van der Waals surface area contributed by atoms with Gasteiger partial charge in [-0.25, -0.2) is 0 Å². The van der Waals surface area contributed by atoms with Gasteiger partial charge in [0.05, 0.1) is 17.2 Å². The first-order chi connectivity index (χ1) is 9.56. The predicted molar refractivity (Wildman–Crippen MR) is 93.2 cm³/mol. The van der Waals surface area contributed by atoms with Crippen LogP contribution in [0, 0.1) is 10.1 Å². The van der Waals surface area contributed by atoms with Gasteiger partial charge in [0, 0.05) is 42.8 Å². The Morgan fingerprint density at radius 1 is 1.36 bits per heavy atom. The summed E-state index contributed by atoms with van der Waals surface area (Å²) in [7, 11) is 0. The molecule has 1 aliphatic heterocycles. The Labute approximate surface area is 148 Å². The number of carbonyl (C=O) groups excluding carboxylic acids is 1. The summed E-state index contributed by atoms with van der Waals surface area (Å²) in [5, 5.41) is 16.6. The minimum Gasteiger partial charge on any atom is -0.324 e. The zero-order chi connectivity index (χ0) is 14.5. The molecule has 0 aromatic heterocycles. The summed E-state index contributed by atoms with van der Waals surface area (Å²) in [4.78, 5) is 24.1. The smallest absolute Gasteiger partial charge is 0.270 e. The van der Waals surface area contributed by atoms with E-state index in [9.17, 15) is 14.9 Å². The van der Waals surface area contributed by atoms with Crippen LogP contribution in [-0.2, 0) is 4.79 Å². The molecular weight excluding hydrogens is 399 g/mol. The number of rotatable bonds is 4. The molecule has 1 aliphatic rings. The van der Waals surface area contributed by atoms with Gasteiger partial charge in [-0.3, -0.25) is 19.8 Å². The van der Waals surface area contributed by atoms with E-state index in [1.54, 1.807) is 0 Å². The van der Waals surface area contributed by atoms with Crippen LogP contribution >= 0.6 is 40.7 Å². The van der Waals surface area contributed by atoms with Crippen molar-refractivity contribution in [3.63, 3.8) is 0 Å². The molecule has 2 N–H and O–H groups in total. The lowest BCUT2D eigenvalue weighted by atomic mass is 10.3. The van der Waals surface area contributed by atoms with Crippen LogP contribution in [0.25, 0.3) is 0 Å². The highest BCUT2D eigenvalue weighted by Crippen LogP contribution is 2.27. The van der Waals surface area contributed by atoms with Crippen molar-refractivity contribution in [3.05, 3.63) is 32.8 Å². The summed E-state index contributed by atoms with van der Waals surface area (Å²) in [5.41, 5.74) is 0.521. The minimum absolute atomic E-state index is 0. The SMILES string of the molecule is Cl.Cl.O=C(CN1CCNCC1)Nc1ccc([N+](=O)[O-])cc1Br. The summed E-state index contributed by atoms with van der Waals surface area (Å²) < 4.78 is 0.500. The van der Waals surface area contributed by atoms with E-state index in [-0.39, 0.29) is 36.4 Å². The van der Waals surface area contributed by atoms with Crippen LogP contribution in [0.1, 0.15) is 0 Å². The third-order valence-electron chi connectivity index (χ3n) is 3.01. The summed E-state index contributed by atoms with van der Waals surface area (Å²) in [6.45, 7) is 3.78. The predicted octanol–water partition coefficient (Wildman–Crippen LogP) is 2.04. The molecule has 0 spiro atoms. The summed E-state index contributed by atoms with van der Waals surface area (Å²) in [6.07, 6.45) is 0. The van der Waals surface area contributed by atoms with Gasteiger partial charge >= 0.3 is 0 Å². The molecule has 0 atom stereocenters. The van der Waals surface area contributed by atoms with Crippen molar-refractivity contribution in [3.8, 4) is 0 Å². The van der Waals surface area contributed by atoms with E-state index in [1.807, 2.05) is 0 Å². The second kappa shape index (κ2) is 9.96. The van der Waals surface area contributed by atoms with Crippen LogP contribution in [0.3, 0.4) is 0 Å². The van der Waals surface area contributed by atoms with E-state index in [4.69, 9.17) is 0 Å². The maximum Gasteiger partial charge on any atom is 0.270 e. The van der Waals surface area contributed by atoms with Crippen molar-refractivity contribution in [2.24, 2.45) is 0 Å². The quantitative estimate of drug-likeness (QED) is 0.580. The largest absolute Gasteiger partial charge is 0.324 e. The zero-order valence-electron chi connectivity index (χ0n) is 11.6. The van der Waals surface area contributed by atoms with Gasteiger partial charge in [-0.15, -0.1) is 24.8 Å². The van der Waals surface area contributed by atoms with Gasteiger partial charge in [-0.05, 0) is 22.0 Å². The number of anilines is 1. The van der Waals surface area contributed by atoms with Gasteiger partial charge < -0.3 is 10.6 Å². The molecule has 0 aliphatic carbocycles. The van der Waals surface area contributed by atoms with E-state index in [1.165, 1.54) is 18.2 Å². The highest BCUT2D eigenvalue weighted by atomic mass is 79.9. The van der Waals surface area contributed by atoms with Crippen LogP contribution in [0.4, 0.5) is 11.4 Å². The Hall–Kier alpha value is -0.930. The average molecular weight is 416 g/mol. The van der Waals surface area contributed by atoms with E-state index in [2.05, 4.69) is 31.5 Å². The Morgan fingerprint density at radius 2 is 2.00 bits per heavy atom. The number of piperazine rings is 1. The third kappa shape index (κ3) is 6.05. The van der Waals surface area contributed by atoms with E-state index in [0.29, 0.717) is 16.7 Å². The summed E-state index contributed by atoms with van der Waals surface area (Å²) >= 11 is 3.23. The highest BCUT2D eigenvalue weighted by molar-refractivity contribution is 9.10. The molecule has 10 heteroatoms. The van der Waals surface area contributed by atoms with Crippen LogP contribution < -0.4 is 10.6 Å². The standard InChI is InChI=1S/C12H15BrN4O3.2ClH/c13-10-7-9(17(19)20)1-2-11(10)15-12(18)8-16-5-3-14-4-6-16;;/h1-2,7,14H,3-6,8H2,(H,15,18);2*1H. The molecule has 0 unspecified atom stereocenters. The Morgan fingerprint density at radius 3 is 2.55 bits per heavy atom. The van der Waals surface area contributed by atoms with Crippen molar-refractivity contribution >= 4 is 58.0 Å². The molecule has 2 rings (SSSR count). The van der Waals surface area contributed by atoms with Crippen molar-refractivity contribution in [2.45, 2.75) is 0 Å². The molecule has 1 fully saturated rings. The summed E-state index contributed by atoms with van der Waals surface area (Å²) in [5.74, 6) is -0.124.